The van der Waals surface area contributed by atoms with Gasteiger partial charge in [-0.25, -0.2) is 4.79 Å². The third kappa shape index (κ3) is 3.88. The zero-order chi connectivity index (χ0) is 17.6. The smallest absolute Gasteiger partial charge is 0.358 e. The first-order valence-electron chi connectivity index (χ1n) is 8.14. The maximum absolute atomic E-state index is 12.1. The van der Waals surface area contributed by atoms with Crippen LogP contribution in [0.3, 0.4) is 0 Å². The topological polar surface area (TPSA) is 53.4 Å². The van der Waals surface area contributed by atoms with E-state index in [1.807, 2.05) is 59.3 Å². The molecule has 0 bridgehead atoms. The van der Waals surface area contributed by atoms with Crippen LogP contribution in [0.5, 0.6) is 5.75 Å². The number of esters is 1. The molecule has 128 valence electrons. The molecule has 5 heteroatoms. The minimum absolute atomic E-state index is 0.314. The molecule has 25 heavy (non-hydrogen) atoms. The molecule has 0 N–H and O–H groups in total. The second kappa shape index (κ2) is 7.66. The van der Waals surface area contributed by atoms with Gasteiger partial charge in [-0.05, 0) is 36.2 Å². The van der Waals surface area contributed by atoms with Crippen molar-refractivity contribution >= 4 is 5.97 Å². The minimum Gasteiger partial charge on any atom is -0.497 e. The lowest BCUT2D eigenvalue weighted by Gasteiger charge is -2.08. The van der Waals surface area contributed by atoms with E-state index in [0.29, 0.717) is 18.8 Å². The highest BCUT2D eigenvalue weighted by molar-refractivity contribution is 5.88. The van der Waals surface area contributed by atoms with E-state index in [0.717, 1.165) is 22.6 Å². The van der Waals surface area contributed by atoms with Crippen molar-refractivity contribution < 1.29 is 14.3 Å². The molecular weight excluding hydrogens is 316 g/mol. The van der Waals surface area contributed by atoms with E-state index in [2.05, 4.69) is 5.10 Å². The minimum atomic E-state index is -0.409. The number of carbonyl (C=O) groups excluding carboxylic acids is 1. The first kappa shape index (κ1) is 16.8. The van der Waals surface area contributed by atoms with E-state index in [4.69, 9.17) is 9.47 Å². The second-order valence-corrected chi connectivity index (χ2v) is 5.51. The molecule has 0 amide bonds. The molecule has 3 aromatic rings. The molecule has 2 aromatic carbocycles. The number of methoxy groups -OCH3 is 1. The van der Waals surface area contributed by atoms with Gasteiger partial charge in [0.25, 0.3) is 0 Å². The maximum Gasteiger partial charge on any atom is 0.358 e. The number of benzene rings is 2. The molecule has 0 aliphatic rings. The number of hydrogen-bond acceptors (Lipinski definition) is 4. The number of nitrogens with zero attached hydrogens (tertiary/aromatic N) is 2. The number of carbonyl (C=O) groups is 1. The van der Waals surface area contributed by atoms with Crippen molar-refractivity contribution in [1.29, 1.82) is 0 Å². The summed E-state index contributed by atoms with van der Waals surface area (Å²) in [6, 6.07) is 19.4. The SMILES string of the molecule is CCOC(=O)c1cc(-c2ccccc2)n(Cc2ccc(OC)cc2)n1. The van der Waals surface area contributed by atoms with Gasteiger partial charge in [-0.2, -0.15) is 5.10 Å². The van der Waals surface area contributed by atoms with Crippen LogP contribution in [0.15, 0.2) is 60.7 Å². The standard InChI is InChI=1S/C20H20N2O3/c1-3-25-20(23)18-13-19(16-7-5-4-6-8-16)22(21-18)14-15-9-11-17(24-2)12-10-15/h4-13H,3,14H2,1-2H3. The lowest BCUT2D eigenvalue weighted by atomic mass is 10.1. The molecule has 1 heterocycles. The number of ether oxygens (including phenoxy) is 2. The summed E-state index contributed by atoms with van der Waals surface area (Å²) in [5.41, 5.74) is 3.25. The Morgan fingerprint density at radius 1 is 1.08 bits per heavy atom. The Bertz CT molecular complexity index is 839. The predicted molar refractivity (Wildman–Crippen MR) is 95.7 cm³/mol. The summed E-state index contributed by atoms with van der Waals surface area (Å²) in [6.07, 6.45) is 0. The molecule has 0 aliphatic heterocycles. The van der Waals surface area contributed by atoms with Crippen LogP contribution >= 0.6 is 0 Å². The third-order valence-electron chi connectivity index (χ3n) is 3.83. The highest BCUT2D eigenvalue weighted by Gasteiger charge is 2.16. The largest absolute Gasteiger partial charge is 0.497 e. The molecule has 0 fully saturated rings. The summed E-state index contributed by atoms with van der Waals surface area (Å²) < 4.78 is 12.1. The van der Waals surface area contributed by atoms with Crippen molar-refractivity contribution in [3.8, 4) is 17.0 Å². The summed E-state index contributed by atoms with van der Waals surface area (Å²) in [5, 5.41) is 4.45. The van der Waals surface area contributed by atoms with E-state index in [1.165, 1.54) is 0 Å². The van der Waals surface area contributed by atoms with Crippen LogP contribution in [-0.2, 0) is 11.3 Å². The van der Waals surface area contributed by atoms with Crippen molar-refractivity contribution in [2.45, 2.75) is 13.5 Å². The average Bonchev–Trinajstić information content (AvgIpc) is 3.07. The average molecular weight is 336 g/mol. The lowest BCUT2D eigenvalue weighted by molar-refractivity contribution is 0.0518. The van der Waals surface area contributed by atoms with Gasteiger partial charge in [-0.3, -0.25) is 4.68 Å². The number of rotatable bonds is 6. The molecule has 0 aliphatic carbocycles. The Morgan fingerprint density at radius 2 is 1.80 bits per heavy atom. The van der Waals surface area contributed by atoms with Gasteiger partial charge < -0.3 is 9.47 Å². The van der Waals surface area contributed by atoms with Gasteiger partial charge >= 0.3 is 5.97 Å². The highest BCUT2D eigenvalue weighted by Crippen LogP contribution is 2.22. The molecule has 0 atom stereocenters. The third-order valence-corrected chi connectivity index (χ3v) is 3.83. The van der Waals surface area contributed by atoms with Crippen LogP contribution < -0.4 is 4.74 Å². The molecule has 3 rings (SSSR count). The molecule has 0 radical (unpaired) electrons. The Kier molecular flexibility index (Phi) is 5.14. The Balaban J connectivity index is 1.96. The molecular formula is C20H20N2O3. The van der Waals surface area contributed by atoms with Crippen molar-refractivity contribution in [2.75, 3.05) is 13.7 Å². The van der Waals surface area contributed by atoms with Crippen molar-refractivity contribution in [2.24, 2.45) is 0 Å². The molecule has 0 saturated heterocycles. The Labute approximate surface area is 146 Å². The van der Waals surface area contributed by atoms with Crippen LogP contribution in [0.1, 0.15) is 23.0 Å². The predicted octanol–water partition coefficient (Wildman–Crippen LogP) is 3.78. The van der Waals surface area contributed by atoms with E-state index in [-0.39, 0.29) is 0 Å². The van der Waals surface area contributed by atoms with Gasteiger partial charge in [0.15, 0.2) is 5.69 Å². The van der Waals surface area contributed by atoms with Gasteiger partial charge in [0.05, 0.1) is 26.0 Å². The van der Waals surface area contributed by atoms with E-state index >= 15 is 0 Å². The zero-order valence-electron chi connectivity index (χ0n) is 14.3. The molecule has 0 unspecified atom stereocenters. The van der Waals surface area contributed by atoms with E-state index in [1.54, 1.807) is 20.1 Å². The first-order valence-corrected chi connectivity index (χ1v) is 8.14. The molecule has 0 saturated carbocycles. The highest BCUT2D eigenvalue weighted by atomic mass is 16.5. The van der Waals surface area contributed by atoms with Gasteiger partial charge in [-0.1, -0.05) is 42.5 Å². The lowest BCUT2D eigenvalue weighted by Crippen LogP contribution is -2.08. The van der Waals surface area contributed by atoms with Gasteiger partial charge in [0.2, 0.25) is 0 Å². The summed E-state index contributed by atoms with van der Waals surface area (Å²) in [4.78, 5) is 12.1. The fraction of sp³-hybridized carbons (Fsp3) is 0.200. The number of aromatic nitrogens is 2. The van der Waals surface area contributed by atoms with Crippen LogP contribution in [0, 0.1) is 0 Å². The number of hydrogen-bond donors (Lipinski definition) is 0. The fourth-order valence-corrected chi connectivity index (χ4v) is 2.59. The van der Waals surface area contributed by atoms with Crippen molar-refractivity contribution in [3.63, 3.8) is 0 Å². The maximum atomic E-state index is 12.1. The second-order valence-electron chi connectivity index (χ2n) is 5.51. The molecule has 0 spiro atoms. The van der Waals surface area contributed by atoms with E-state index < -0.39 is 5.97 Å². The Hall–Kier alpha value is -3.08. The Morgan fingerprint density at radius 3 is 2.44 bits per heavy atom. The quantitative estimate of drug-likeness (QED) is 0.643. The monoisotopic (exact) mass is 336 g/mol. The van der Waals surface area contributed by atoms with Gasteiger partial charge in [0, 0.05) is 0 Å². The van der Waals surface area contributed by atoms with Gasteiger partial charge in [0.1, 0.15) is 5.75 Å². The van der Waals surface area contributed by atoms with Gasteiger partial charge in [-0.15, -0.1) is 0 Å². The van der Waals surface area contributed by atoms with Crippen molar-refractivity contribution in [3.05, 3.63) is 71.9 Å². The summed E-state index contributed by atoms with van der Waals surface area (Å²) in [6.45, 7) is 2.66. The summed E-state index contributed by atoms with van der Waals surface area (Å²) in [7, 11) is 1.64. The normalized spacial score (nSPS) is 10.5. The van der Waals surface area contributed by atoms with Crippen LogP contribution in [-0.4, -0.2) is 29.5 Å². The van der Waals surface area contributed by atoms with Crippen LogP contribution in [0.2, 0.25) is 0 Å². The summed E-state index contributed by atoms with van der Waals surface area (Å²) >= 11 is 0. The van der Waals surface area contributed by atoms with E-state index in [9.17, 15) is 4.79 Å². The molecule has 5 nitrogen and oxygen atoms in total. The van der Waals surface area contributed by atoms with Crippen LogP contribution in [0.4, 0.5) is 0 Å². The summed E-state index contributed by atoms with van der Waals surface area (Å²) in [5.74, 6) is 0.396. The zero-order valence-corrected chi connectivity index (χ0v) is 14.3. The van der Waals surface area contributed by atoms with Crippen molar-refractivity contribution in [1.82, 2.24) is 9.78 Å². The first-order chi connectivity index (χ1) is 12.2. The molecule has 1 aromatic heterocycles. The fourth-order valence-electron chi connectivity index (χ4n) is 2.59. The van der Waals surface area contributed by atoms with Crippen LogP contribution in [0.25, 0.3) is 11.3 Å².